The van der Waals surface area contributed by atoms with E-state index in [4.69, 9.17) is 14.3 Å². The number of likely N-dealkylation sites (N-methyl/N-ethyl adjacent to an activating group) is 1. The van der Waals surface area contributed by atoms with Crippen molar-refractivity contribution in [3.8, 4) is 0 Å². The molecule has 0 aromatic carbocycles. The molecule has 1 aliphatic rings. The minimum Gasteiger partial charge on any atom is -0.348 e. The van der Waals surface area contributed by atoms with Crippen LogP contribution in [0.2, 0.25) is 0 Å². The molecule has 0 saturated carbocycles. The molecule has 11 heteroatoms. The number of nitrogens with zero attached hydrogens (tertiary/aromatic N) is 3. The van der Waals surface area contributed by atoms with Crippen molar-refractivity contribution in [3.63, 3.8) is 0 Å². The number of aryl methyl sites for hydroxylation is 1. The topological polar surface area (TPSA) is 93.7 Å². The fraction of sp³-hybridized carbons (Fsp3) is 0.692. The van der Waals surface area contributed by atoms with Gasteiger partial charge in [0, 0.05) is 7.05 Å². The second kappa shape index (κ2) is 10.8. The Balaban J connectivity index is 0.000000648. The zero-order valence-corrected chi connectivity index (χ0v) is 16.0. The quantitative estimate of drug-likeness (QED) is 0.763. The van der Waals surface area contributed by atoms with Crippen molar-refractivity contribution in [3.05, 3.63) is 5.01 Å². The second-order valence-corrected chi connectivity index (χ2v) is 7.03. The first-order valence-electron chi connectivity index (χ1n) is 7.26. The van der Waals surface area contributed by atoms with Gasteiger partial charge in [-0.1, -0.05) is 24.7 Å². The Hall–Kier alpha value is -1.00. The average Bonchev–Trinajstić information content (AvgIpc) is 3.08. The Bertz CT molecular complexity index is 542. The molecule has 2 amide bonds. The van der Waals surface area contributed by atoms with Gasteiger partial charge in [-0.2, -0.15) is 0 Å². The van der Waals surface area contributed by atoms with Crippen LogP contribution in [0.25, 0.3) is 0 Å². The average molecular weight is 399 g/mol. The first kappa shape index (κ1) is 21.0. The molecule has 0 spiro atoms. The molecule has 24 heavy (non-hydrogen) atoms. The normalized spacial score (nSPS) is 19.4. The molecule has 2 atom stereocenters. The van der Waals surface area contributed by atoms with Gasteiger partial charge in [-0.15, -0.1) is 10.2 Å². The van der Waals surface area contributed by atoms with E-state index < -0.39 is 4.70 Å². The van der Waals surface area contributed by atoms with E-state index in [-0.39, 0.29) is 18.4 Å². The van der Waals surface area contributed by atoms with Gasteiger partial charge < -0.3 is 14.4 Å². The van der Waals surface area contributed by atoms with Gasteiger partial charge in [0.05, 0.1) is 19.3 Å². The van der Waals surface area contributed by atoms with E-state index in [1.165, 1.54) is 16.2 Å². The smallest absolute Gasteiger partial charge is 0.323 e. The number of nitrogens with one attached hydrogen (secondary N) is 1. The predicted molar refractivity (Wildman–Crippen MR) is 92.9 cm³/mol. The molecule has 8 nitrogen and oxygen atoms in total. The van der Waals surface area contributed by atoms with Crippen LogP contribution in [0.15, 0.2) is 0 Å². The molecule has 1 N–H and O–H groups in total. The third kappa shape index (κ3) is 8.20. The van der Waals surface area contributed by atoms with E-state index in [1.807, 2.05) is 6.92 Å². The number of urea groups is 1. The Morgan fingerprint density at radius 2 is 2.08 bits per heavy atom. The zero-order chi connectivity index (χ0) is 18.1. The van der Waals surface area contributed by atoms with Crippen molar-refractivity contribution >= 4 is 50.4 Å². The highest BCUT2D eigenvalue weighted by molar-refractivity contribution is 7.15. The standard InChI is InChI=1S/C12H20N4O3S.CCl2O/c1-4-5-9-7-18-10(19-9)6-16(3)12(17)13-11-15-14-8(2)20-11;2-1(3)4/h9-10H,4-7H2,1-3H3,(H,13,15,17);. The second-order valence-electron chi connectivity index (χ2n) is 4.97. The molecule has 1 saturated heterocycles. The van der Waals surface area contributed by atoms with E-state index in [0.29, 0.717) is 18.3 Å². The van der Waals surface area contributed by atoms with Crippen LogP contribution in [0.5, 0.6) is 0 Å². The molecule has 1 fully saturated rings. The van der Waals surface area contributed by atoms with Crippen LogP contribution < -0.4 is 5.32 Å². The van der Waals surface area contributed by atoms with Gasteiger partial charge in [0.2, 0.25) is 5.13 Å². The number of halogens is 2. The summed E-state index contributed by atoms with van der Waals surface area (Å²) in [6, 6.07) is -0.243. The Morgan fingerprint density at radius 3 is 2.62 bits per heavy atom. The van der Waals surface area contributed by atoms with Gasteiger partial charge >= 0.3 is 10.7 Å². The molecule has 1 aliphatic heterocycles. The van der Waals surface area contributed by atoms with Crippen LogP contribution in [-0.4, -0.2) is 58.4 Å². The molecule has 2 heterocycles. The Morgan fingerprint density at radius 1 is 1.42 bits per heavy atom. The summed E-state index contributed by atoms with van der Waals surface area (Å²) in [5, 5.41) is 11.7. The van der Waals surface area contributed by atoms with E-state index >= 15 is 0 Å². The number of aromatic nitrogens is 2. The van der Waals surface area contributed by atoms with Crippen molar-refractivity contribution in [2.24, 2.45) is 0 Å². The van der Waals surface area contributed by atoms with Gasteiger partial charge in [-0.3, -0.25) is 10.1 Å². The van der Waals surface area contributed by atoms with Crippen molar-refractivity contribution in [1.29, 1.82) is 0 Å². The molecule has 1 aromatic rings. The number of rotatable bonds is 5. The third-order valence-corrected chi connectivity index (χ3v) is 3.69. The summed E-state index contributed by atoms with van der Waals surface area (Å²) < 4.78 is 10.3. The molecular weight excluding hydrogens is 379 g/mol. The van der Waals surface area contributed by atoms with Crippen molar-refractivity contribution in [2.75, 3.05) is 25.5 Å². The van der Waals surface area contributed by atoms with Crippen LogP contribution in [-0.2, 0) is 9.47 Å². The molecule has 0 bridgehead atoms. The fourth-order valence-corrected chi connectivity index (χ4v) is 2.50. The zero-order valence-electron chi connectivity index (χ0n) is 13.6. The summed E-state index contributed by atoms with van der Waals surface area (Å²) in [7, 11) is 1.70. The summed E-state index contributed by atoms with van der Waals surface area (Å²) in [5.74, 6) is 0. The summed E-state index contributed by atoms with van der Waals surface area (Å²) in [6.07, 6.45) is 1.84. The molecule has 1 aromatic heterocycles. The molecule has 0 radical (unpaired) electrons. The highest BCUT2D eigenvalue weighted by atomic mass is 35.5. The number of hydrogen-bond acceptors (Lipinski definition) is 7. The maximum atomic E-state index is 12.0. The highest BCUT2D eigenvalue weighted by Gasteiger charge is 2.27. The van der Waals surface area contributed by atoms with Crippen LogP contribution in [0.4, 0.5) is 14.7 Å². The van der Waals surface area contributed by atoms with E-state index in [9.17, 15) is 4.79 Å². The van der Waals surface area contributed by atoms with Crippen LogP contribution in [0.1, 0.15) is 24.8 Å². The molecule has 2 rings (SSSR count). The Kier molecular flexibility index (Phi) is 9.45. The minimum absolute atomic E-state index is 0.146. The monoisotopic (exact) mass is 398 g/mol. The number of amides is 2. The lowest BCUT2D eigenvalue weighted by molar-refractivity contribution is -0.0672. The fourth-order valence-electron chi connectivity index (χ4n) is 1.92. The van der Waals surface area contributed by atoms with E-state index in [2.05, 4.69) is 45.6 Å². The van der Waals surface area contributed by atoms with Crippen molar-refractivity contribution < 1.29 is 19.1 Å². The van der Waals surface area contributed by atoms with Crippen LogP contribution in [0, 0.1) is 6.92 Å². The number of anilines is 1. The van der Waals surface area contributed by atoms with Crippen molar-refractivity contribution in [1.82, 2.24) is 15.1 Å². The Labute approximate surface area is 154 Å². The number of hydrogen-bond donors (Lipinski definition) is 1. The first-order valence-corrected chi connectivity index (χ1v) is 8.83. The van der Waals surface area contributed by atoms with Gasteiger partial charge in [0.1, 0.15) is 5.01 Å². The predicted octanol–water partition coefficient (Wildman–Crippen LogP) is 3.44. The van der Waals surface area contributed by atoms with Gasteiger partial charge in [0.15, 0.2) is 6.29 Å². The summed E-state index contributed by atoms with van der Waals surface area (Å²) in [6.45, 7) is 4.94. The SMILES string of the molecule is CCCC1COC(CN(C)C(=O)Nc2nnc(C)s2)O1.O=C(Cl)Cl. The minimum atomic E-state index is -0.889. The molecule has 2 unspecified atom stereocenters. The van der Waals surface area contributed by atoms with Gasteiger partial charge in [0.25, 0.3) is 0 Å². The summed E-state index contributed by atoms with van der Waals surface area (Å²) >= 11 is 10.1. The maximum Gasteiger partial charge on any atom is 0.323 e. The summed E-state index contributed by atoms with van der Waals surface area (Å²) in [4.78, 5) is 22.5. The first-order chi connectivity index (χ1) is 11.3. The molecule has 136 valence electrons. The van der Waals surface area contributed by atoms with Crippen molar-refractivity contribution in [2.45, 2.75) is 39.1 Å². The summed E-state index contributed by atoms with van der Waals surface area (Å²) in [5.41, 5.74) is 0. The van der Waals surface area contributed by atoms with Gasteiger partial charge in [-0.05, 0) is 36.5 Å². The number of carbonyl (C=O) groups is 2. The lowest BCUT2D eigenvalue weighted by atomic mass is 10.2. The van der Waals surface area contributed by atoms with Crippen LogP contribution >= 0.6 is 34.5 Å². The lowest BCUT2D eigenvalue weighted by Gasteiger charge is -2.20. The maximum absolute atomic E-state index is 12.0. The van der Waals surface area contributed by atoms with E-state index in [0.717, 1.165) is 17.8 Å². The number of ether oxygens (including phenoxy) is 2. The third-order valence-electron chi connectivity index (χ3n) is 2.93. The van der Waals surface area contributed by atoms with Crippen LogP contribution in [0.3, 0.4) is 0 Å². The number of carbonyl (C=O) groups excluding carboxylic acids is 2. The van der Waals surface area contributed by atoms with E-state index in [1.54, 1.807) is 7.05 Å². The van der Waals surface area contributed by atoms with Gasteiger partial charge in [-0.25, -0.2) is 4.79 Å². The molecule has 0 aliphatic carbocycles. The molecular formula is C13H20Cl2N4O4S. The highest BCUT2D eigenvalue weighted by Crippen LogP contribution is 2.17. The lowest BCUT2D eigenvalue weighted by Crippen LogP contribution is -2.37. The largest absolute Gasteiger partial charge is 0.348 e.